The van der Waals surface area contributed by atoms with Gasteiger partial charge in [-0.05, 0) is 36.3 Å². The molecule has 0 atom stereocenters. The van der Waals surface area contributed by atoms with Gasteiger partial charge in [0.2, 0.25) is 5.91 Å². The van der Waals surface area contributed by atoms with Crippen LogP contribution in [0.3, 0.4) is 0 Å². The van der Waals surface area contributed by atoms with Crippen molar-refractivity contribution in [3.8, 4) is 11.5 Å². The van der Waals surface area contributed by atoms with E-state index in [2.05, 4.69) is 5.32 Å². The van der Waals surface area contributed by atoms with Crippen molar-refractivity contribution >= 4 is 46.2 Å². The lowest BCUT2D eigenvalue weighted by molar-refractivity contribution is -0.128. The fourth-order valence-electron chi connectivity index (χ4n) is 2.64. The molecule has 0 bridgehead atoms. The molecule has 0 aromatic heterocycles. The molecule has 1 fully saturated rings. The zero-order valence-electron chi connectivity index (χ0n) is 15.1. The topological polar surface area (TPSA) is 89.9 Å². The van der Waals surface area contributed by atoms with Crippen LogP contribution in [0, 0.1) is 5.82 Å². The normalized spacial score (nSPS) is 15.2. The number of benzene rings is 2. The van der Waals surface area contributed by atoms with E-state index in [-0.39, 0.29) is 39.4 Å². The largest absolute Gasteiger partial charge is 0.504 e. The first kappa shape index (κ1) is 20.8. The quantitative estimate of drug-likeness (QED) is 0.370. The average Bonchev–Trinajstić information content (AvgIpc) is 2.94. The summed E-state index contributed by atoms with van der Waals surface area (Å²) in [6, 6.07) is 10.5. The Hall–Kier alpha value is -2.91. The molecule has 2 aromatic rings. The fourth-order valence-corrected chi connectivity index (χ4v) is 3.89. The van der Waals surface area contributed by atoms with Gasteiger partial charge in [0.05, 0.1) is 4.91 Å². The number of aromatic hydroxyl groups is 2. The number of carbonyl (C=O) groups excluding carboxylic acids is 2. The van der Waals surface area contributed by atoms with Crippen LogP contribution >= 0.6 is 24.0 Å². The average molecular weight is 432 g/mol. The summed E-state index contributed by atoms with van der Waals surface area (Å²) < 4.78 is 14.0. The Morgan fingerprint density at radius 1 is 1.21 bits per heavy atom. The lowest BCUT2D eigenvalue weighted by atomic mass is 10.1. The number of nitrogens with zero attached hydrogens (tertiary/aromatic N) is 1. The number of hydrogen-bond donors (Lipinski definition) is 3. The molecule has 2 amide bonds. The number of halogens is 1. The molecule has 3 rings (SSSR count). The highest BCUT2D eigenvalue weighted by Crippen LogP contribution is 2.32. The summed E-state index contributed by atoms with van der Waals surface area (Å²) >= 11 is 6.20. The second kappa shape index (κ2) is 9.06. The summed E-state index contributed by atoms with van der Waals surface area (Å²) in [5, 5.41) is 21.5. The van der Waals surface area contributed by atoms with Crippen molar-refractivity contribution in [2.45, 2.75) is 6.42 Å². The Morgan fingerprint density at radius 2 is 1.97 bits per heavy atom. The van der Waals surface area contributed by atoms with E-state index in [0.717, 1.165) is 17.3 Å². The van der Waals surface area contributed by atoms with Crippen LogP contribution in [0.15, 0.2) is 47.4 Å². The summed E-state index contributed by atoms with van der Waals surface area (Å²) in [4.78, 5) is 26.1. The molecule has 29 heavy (non-hydrogen) atoms. The number of carbonyl (C=O) groups is 2. The van der Waals surface area contributed by atoms with E-state index in [4.69, 9.17) is 12.2 Å². The Labute approximate surface area is 176 Å². The number of amides is 2. The standard InChI is InChI=1S/C20H17FN2O4S2/c21-14-4-2-1-3-13(14)10-17-19(27)23(20(28)29-17)11-18(26)22-8-7-12-5-6-15(24)16(25)9-12/h1-6,9-10,24-25H,7-8,11H2,(H,22,26). The number of phenolic OH excluding ortho intramolecular Hbond substituents is 2. The van der Waals surface area contributed by atoms with Gasteiger partial charge in [0.15, 0.2) is 11.5 Å². The summed E-state index contributed by atoms with van der Waals surface area (Å²) in [7, 11) is 0. The Bertz CT molecular complexity index is 1010. The first-order chi connectivity index (χ1) is 13.8. The molecule has 3 N–H and O–H groups in total. The van der Waals surface area contributed by atoms with E-state index in [1.165, 1.54) is 29.2 Å². The van der Waals surface area contributed by atoms with Gasteiger partial charge in [0.1, 0.15) is 16.7 Å². The molecule has 0 saturated carbocycles. The van der Waals surface area contributed by atoms with Crippen molar-refractivity contribution < 1.29 is 24.2 Å². The fraction of sp³-hybridized carbons (Fsp3) is 0.150. The molecular weight excluding hydrogens is 415 g/mol. The highest BCUT2D eigenvalue weighted by atomic mass is 32.2. The first-order valence-electron chi connectivity index (χ1n) is 8.62. The highest BCUT2D eigenvalue weighted by Gasteiger charge is 2.33. The molecular formula is C20H17FN2O4S2. The molecule has 1 saturated heterocycles. The molecule has 1 heterocycles. The van der Waals surface area contributed by atoms with Gasteiger partial charge < -0.3 is 15.5 Å². The van der Waals surface area contributed by atoms with E-state index in [9.17, 15) is 24.2 Å². The smallest absolute Gasteiger partial charge is 0.266 e. The van der Waals surface area contributed by atoms with Crippen molar-refractivity contribution in [2.24, 2.45) is 0 Å². The highest BCUT2D eigenvalue weighted by molar-refractivity contribution is 8.26. The van der Waals surface area contributed by atoms with Crippen molar-refractivity contribution in [2.75, 3.05) is 13.1 Å². The zero-order chi connectivity index (χ0) is 21.0. The Kier molecular flexibility index (Phi) is 6.50. The monoisotopic (exact) mass is 432 g/mol. The van der Waals surface area contributed by atoms with E-state index in [1.807, 2.05) is 0 Å². The van der Waals surface area contributed by atoms with Gasteiger partial charge in [-0.15, -0.1) is 0 Å². The van der Waals surface area contributed by atoms with Crippen LogP contribution in [-0.4, -0.2) is 44.3 Å². The molecule has 2 aromatic carbocycles. The molecule has 150 valence electrons. The van der Waals surface area contributed by atoms with Crippen LogP contribution in [0.5, 0.6) is 11.5 Å². The Balaban J connectivity index is 1.56. The molecule has 9 heteroatoms. The number of phenols is 2. The third-order valence-electron chi connectivity index (χ3n) is 4.14. The van der Waals surface area contributed by atoms with E-state index in [0.29, 0.717) is 6.42 Å². The maximum Gasteiger partial charge on any atom is 0.266 e. The third-order valence-corrected chi connectivity index (χ3v) is 5.52. The second-order valence-electron chi connectivity index (χ2n) is 6.21. The number of thioether (sulfide) groups is 1. The minimum absolute atomic E-state index is 0.212. The van der Waals surface area contributed by atoms with E-state index < -0.39 is 17.6 Å². The van der Waals surface area contributed by atoms with Crippen molar-refractivity contribution in [1.29, 1.82) is 0 Å². The summed E-state index contributed by atoms with van der Waals surface area (Å²) in [5.74, 6) is -1.72. The van der Waals surface area contributed by atoms with Crippen LogP contribution in [0.2, 0.25) is 0 Å². The predicted octanol–water partition coefficient (Wildman–Crippen LogP) is 2.80. The van der Waals surface area contributed by atoms with Crippen molar-refractivity contribution in [3.05, 3.63) is 64.3 Å². The first-order valence-corrected chi connectivity index (χ1v) is 9.85. The van der Waals surface area contributed by atoms with Gasteiger partial charge in [0, 0.05) is 12.1 Å². The molecule has 0 unspecified atom stereocenters. The van der Waals surface area contributed by atoms with Crippen LogP contribution in [0.1, 0.15) is 11.1 Å². The molecule has 0 radical (unpaired) electrons. The summed E-state index contributed by atoms with van der Waals surface area (Å²) in [6.45, 7) is 0.0447. The maximum absolute atomic E-state index is 13.8. The lowest BCUT2D eigenvalue weighted by Gasteiger charge is -2.14. The van der Waals surface area contributed by atoms with Crippen LogP contribution in [-0.2, 0) is 16.0 Å². The van der Waals surface area contributed by atoms with Gasteiger partial charge in [-0.1, -0.05) is 48.2 Å². The van der Waals surface area contributed by atoms with Gasteiger partial charge in [0.25, 0.3) is 5.91 Å². The van der Waals surface area contributed by atoms with E-state index in [1.54, 1.807) is 24.3 Å². The number of hydrogen-bond acceptors (Lipinski definition) is 6. The zero-order valence-corrected chi connectivity index (χ0v) is 16.7. The van der Waals surface area contributed by atoms with Gasteiger partial charge in [-0.2, -0.15) is 0 Å². The van der Waals surface area contributed by atoms with Crippen molar-refractivity contribution in [3.63, 3.8) is 0 Å². The van der Waals surface area contributed by atoms with Gasteiger partial charge in [-0.25, -0.2) is 4.39 Å². The lowest BCUT2D eigenvalue weighted by Crippen LogP contribution is -2.40. The Morgan fingerprint density at radius 3 is 2.69 bits per heavy atom. The van der Waals surface area contributed by atoms with Gasteiger partial charge >= 0.3 is 0 Å². The van der Waals surface area contributed by atoms with Crippen LogP contribution in [0.25, 0.3) is 6.08 Å². The van der Waals surface area contributed by atoms with Crippen LogP contribution < -0.4 is 5.32 Å². The van der Waals surface area contributed by atoms with Gasteiger partial charge in [-0.3, -0.25) is 14.5 Å². The summed E-state index contributed by atoms with van der Waals surface area (Å²) in [5.41, 5.74) is 1.01. The number of rotatable bonds is 6. The third kappa shape index (κ3) is 5.12. The predicted molar refractivity (Wildman–Crippen MR) is 113 cm³/mol. The van der Waals surface area contributed by atoms with E-state index >= 15 is 0 Å². The number of nitrogens with one attached hydrogen (secondary N) is 1. The van der Waals surface area contributed by atoms with Crippen molar-refractivity contribution in [1.82, 2.24) is 10.2 Å². The summed E-state index contributed by atoms with van der Waals surface area (Å²) in [6.07, 6.45) is 1.86. The molecule has 1 aliphatic rings. The minimum atomic E-state index is -0.448. The second-order valence-corrected chi connectivity index (χ2v) is 7.89. The number of thiocarbonyl (C=S) groups is 1. The maximum atomic E-state index is 13.8. The molecule has 0 aliphatic carbocycles. The minimum Gasteiger partial charge on any atom is -0.504 e. The molecule has 6 nitrogen and oxygen atoms in total. The SMILES string of the molecule is O=C(CN1C(=O)C(=Cc2ccccc2F)SC1=S)NCCc1ccc(O)c(O)c1. The van der Waals surface area contributed by atoms with Crippen LogP contribution in [0.4, 0.5) is 4.39 Å². The molecule has 1 aliphatic heterocycles. The molecule has 0 spiro atoms.